The normalized spacial score (nSPS) is 10.9. The lowest BCUT2D eigenvalue weighted by Crippen LogP contribution is -2.30. The highest BCUT2D eigenvalue weighted by Crippen LogP contribution is 2.24. The van der Waals surface area contributed by atoms with Crippen LogP contribution in [0.2, 0.25) is 5.02 Å². The molecule has 0 spiro atoms. The Morgan fingerprint density at radius 1 is 1.09 bits per heavy atom. The van der Waals surface area contributed by atoms with Crippen LogP contribution in [0.5, 0.6) is 0 Å². The van der Waals surface area contributed by atoms with Crippen LogP contribution in [0.15, 0.2) is 57.8 Å². The van der Waals surface area contributed by atoms with Crippen LogP contribution in [0.1, 0.15) is 16.8 Å². The fourth-order valence-electron chi connectivity index (χ4n) is 3.49. The number of aromatic nitrogens is 3. The lowest BCUT2D eigenvalue weighted by Gasteiger charge is -2.14. The number of hydrogen-bond acceptors (Lipinski definition) is 5. The molecule has 2 heterocycles. The average molecular weight is 467 g/mol. The predicted molar refractivity (Wildman–Crippen MR) is 124 cm³/mol. The maximum Gasteiger partial charge on any atom is 0.264 e. The van der Waals surface area contributed by atoms with Gasteiger partial charge in [0.2, 0.25) is 11.7 Å². The Kier molecular flexibility index (Phi) is 6.11. The van der Waals surface area contributed by atoms with Gasteiger partial charge in [-0.25, -0.2) is 4.39 Å². The lowest BCUT2D eigenvalue weighted by molar-refractivity contribution is -0.116. The second kappa shape index (κ2) is 8.99. The van der Waals surface area contributed by atoms with Crippen LogP contribution in [0, 0.1) is 26.6 Å². The van der Waals surface area contributed by atoms with Gasteiger partial charge in [0.15, 0.2) is 0 Å². The molecule has 2 aromatic carbocycles. The molecule has 0 fully saturated rings. The van der Waals surface area contributed by atoms with E-state index in [1.165, 1.54) is 28.8 Å². The van der Waals surface area contributed by atoms with Gasteiger partial charge >= 0.3 is 0 Å². The summed E-state index contributed by atoms with van der Waals surface area (Å²) in [5.41, 5.74) is 2.99. The molecule has 9 heteroatoms. The minimum atomic E-state index is -0.431. The number of benzene rings is 2. The number of rotatable bonds is 5. The van der Waals surface area contributed by atoms with Gasteiger partial charge < -0.3 is 14.4 Å². The largest absolute Gasteiger partial charge is 0.333 e. The topological polar surface area (TPSA) is 90.0 Å². The Hall–Kier alpha value is -3.78. The van der Waals surface area contributed by atoms with Crippen LogP contribution in [0.3, 0.4) is 0 Å². The Bertz CT molecular complexity index is 1410. The van der Waals surface area contributed by atoms with Crippen molar-refractivity contribution < 1.29 is 13.7 Å². The first-order valence-corrected chi connectivity index (χ1v) is 10.5. The second-order valence-corrected chi connectivity index (χ2v) is 8.11. The molecular formula is C24H20ClFN4O3. The van der Waals surface area contributed by atoms with E-state index in [2.05, 4.69) is 15.5 Å². The van der Waals surface area contributed by atoms with Crippen molar-refractivity contribution in [2.24, 2.45) is 0 Å². The van der Waals surface area contributed by atoms with E-state index in [1.807, 2.05) is 6.92 Å². The van der Waals surface area contributed by atoms with Crippen molar-refractivity contribution in [1.82, 2.24) is 14.7 Å². The predicted octanol–water partition coefficient (Wildman–Crippen LogP) is 4.92. The van der Waals surface area contributed by atoms with Crippen molar-refractivity contribution in [3.63, 3.8) is 0 Å². The molecule has 1 amide bonds. The summed E-state index contributed by atoms with van der Waals surface area (Å²) in [5, 5.41) is 7.20. The Morgan fingerprint density at radius 3 is 2.55 bits per heavy atom. The van der Waals surface area contributed by atoms with Gasteiger partial charge in [0.05, 0.1) is 0 Å². The van der Waals surface area contributed by atoms with Gasteiger partial charge in [-0.2, -0.15) is 4.98 Å². The van der Waals surface area contributed by atoms with Gasteiger partial charge in [0, 0.05) is 22.0 Å². The van der Waals surface area contributed by atoms with Crippen molar-refractivity contribution in [1.29, 1.82) is 0 Å². The zero-order valence-electron chi connectivity index (χ0n) is 18.1. The minimum Gasteiger partial charge on any atom is -0.333 e. The Morgan fingerprint density at radius 2 is 1.82 bits per heavy atom. The summed E-state index contributed by atoms with van der Waals surface area (Å²) in [6, 6.07) is 12.6. The molecule has 33 heavy (non-hydrogen) atoms. The molecule has 0 unspecified atom stereocenters. The maximum atomic E-state index is 13.3. The van der Waals surface area contributed by atoms with E-state index < -0.39 is 5.56 Å². The molecule has 1 N–H and O–H groups in total. The standard InChI is InChI=1S/C24H20ClFN4O3/c1-13-4-7-17(25)11-19(13)27-20(31)12-30-15(3)10-14(2)21(24(30)32)23-28-22(29-33-23)16-5-8-18(26)9-6-16/h4-11H,12H2,1-3H3,(H,27,31). The van der Waals surface area contributed by atoms with Crippen molar-refractivity contribution >= 4 is 23.2 Å². The monoisotopic (exact) mass is 466 g/mol. The zero-order valence-corrected chi connectivity index (χ0v) is 18.9. The smallest absolute Gasteiger partial charge is 0.264 e. The number of amides is 1. The lowest BCUT2D eigenvalue weighted by atomic mass is 10.1. The highest BCUT2D eigenvalue weighted by molar-refractivity contribution is 6.31. The molecule has 0 saturated carbocycles. The molecule has 0 bridgehead atoms. The van der Waals surface area contributed by atoms with Crippen LogP contribution < -0.4 is 10.9 Å². The quantitative estimate of drug-likeness (QED) is 0.450. The molecule has 4 aromatic rings. The summed E-state index contributed by atoms with van der Waals surface area (Å²) >= 11 is 6.02. The molecule has 0 aliphatic carbocycles. The van der Waals surface area contributed by atoms with Gasteiger partial charge in [-0.1, -0.05) is 22.8 Å². The van der Waals surface area contributed by atoms with E-state index in [-0.39, 0.29) is 35.5 Å². The van der Waals surface area contributed by atoms with Gasteiger partial charge in [-0.3, -0.25) is 9.59 Å². The molecule has 0 aliphatic rings. The van der Waals surface area contributed by atoms with E-state index >= 15 is 0 Å². The second-order valence-electron chi connectivity index (χ2n) is 7.67. The maximum absolute atomic E-state index is 13.3. The Labute approximate surface area is 193 Å². The van der Waals surface area contributed by atoms with Crippen LogP contribution in [0.25, 0.3) is 22.8 Å². The van der Waals surface area contributed by atoms with E-state index in [4.69, 9.17) is 16.1 Å². The number of nitrogens with one attached hydrogen (secondary N) is 1. The first kappa shape index (κ1) is 22.4. The van der Waals surface area contributed by atoms with Crippen LogP contribution in [-0.2, 0) is 11.3 Å². The number of anilines is 1. The number of hydrogen-bond donors (Lipinski definition) is 1. The third kappa shape index (κ3) is 4.70. The third-order valence-corrected chi connectivity index (χ3v) is 5.46. The first-order valence-electron chi connectivity index (χ1n) is 10.1. The van der Waals surface area contributed by atoms with Crippen LogP contribution in [-0.4, -0.2) is 20.6 Å². The summed E-state index contributed by atoms with van der Waals surface area (Å²) < 4.78 is 19.9. The summed E-state index contributed by atoms with van der Waals surface area (Å²) in [7, 11) is 0. The highest BCUT2D eigenvalue weighted by atomic mass is 35.5. The van der Waals surface area contributed by atoms with E-state index in [9.17, 15) is 14.0 Å². The van der Waals surface area contributed by atoms with Gasteiger partial charge in [0.1, 0.15) is 17.9 Å². The van der Waals surface area contributed by atoms with Gasteiger partial charge in [0.25, 0.3) is 11.4 Å². The minimum absolute atomic E-state index is 0.0247. The van der Waals surface area contributed by atoms with E-state index in [1.54, 1.807) is 38.1 Å². The summed E-state index contributed by atoms with van der Waals surface area (Å²) in [4.78, 5) is 30.3. The summed E-state index contributed by atoms with van der Waals surface area (Å²) in [5.74, 6) is -0.509. The number of carbonyl (C=O) groups excluding carboxylic acids is 1. The van der Waals surface area contributed by atoms with Crippen LogP contribution >= 0.6 is 11.6 Å². The highest BCUT2D eigenvalue weighted by Gasteiger charge is 2.20. The molecule has 7 nitrogen and oxygen atoms in total. The zero-order chi connectivity index (χ0) is 23.7. The fraction of sp³-hybridized carbons (Fsp3) is 0.167. The number of halogens is 2. The molecular weight excluding hydrogens is 447 g/mol. The molecule has 2 aromatic heterocycles. The SMILES string of the molecule is Cc1ccc(Cl)cc1NC(=O)Cn1c(C)cc(C)c(-c2nc(-c3ccc(F)cc3)no2)c1=O. The third-order valence-electron chi connectivity index (χ3n) is 5.22. The van der Waals surface area contributed by atoms with Crippen molar-refractivity contribution in [2.75, 3.05) is 5.32 Å². The number of nitrogens with zero attached hydrogens (tertiary/aromatic N) is 3. The molecule has 0 aliphatic heterocycles. The van der Waals surface area contributed by atoms with Crippen molar-refractivity contribution in [3.8, 4) is 22.8 Å². The fourth-order valence-corrected chi connectivity index (χ4v) is 3.66. The molecule has 168 valence electrons. The first-order chi connectivity index (χ1) is 15.7. The van der Waals surface area contributed by atoms with Gasteiger partial charge in [-0.15, -0.1) is 0 Å². The Balaban J connectivity index is 1.65. The van der Waals surface area contributed by atoms with Crippen molar-refractivity contribution in [3.05, 3.63) is 86.5 Å². The van der Waals surface area contributed by atoms with Crippen LogP contribution in [0.4, 0.5) is 10.1 Å². The van der Waals surface area contributed by atoms with Gasteiger partial charge in [-0.05, 0) is 74.4 Å². The molecule has 0 saturated heterocycles. The van der Waals surface area contributed by atoms with E-state index in [0.29, 0.717) is 27.5 Å². The average Bonchev–Trinajstić information content (AvgIpc) is 3.24. The summed E-state index contributed by atoms with van der Waals surface area (Å²) in [6.45, 7) is 5.14. The summed E-state index contributed by atoms with van der Waals surface area (Å²) in [6.07, 6.45) is 0. The number of carbonyl (C=O) groups is 1. The van der Waals surface area contributed by atoms with E-state index in [0.717, 1.165) is 5.56 Å². The number of pyridine rings is 1. The number of aryl methyl sites for hydroxylation is 3. The molecule has 4 rings (SSSR count). The van der Waals surface area contributed by atoms with Crippen molar-refractivity contribution in [2.45, 2.75) is 27.3 Å². The molecule has 0 atom stereocenters. The molecule has 0 radical (unpaired) electrons.